The number of ether oxygens (including phenoxy) is 1. The summed E-state index contributed by atoms with van der Waals surface area (Å²) in [5.41, 5.74) is 1.07. The van der Waals surface area contributed by atoms with Gasteiger partial charge in [0.05, 0.1) is 12.9 Å². The summed E-state index contributed by atoms with van der Waals surface area (Å²) in [5.74, 6) is -0.539. The van der Waals surface area contributed by atoms with Gasteiger partial charge in [0.25, 0.3) is 0 Å². The molecule has 6 nitrogen and oxygen atoms in total. The SMILES string of the molecule is CCOC(=O)[C@@H](NC(=O)[C@@H]1CCn2cncc2C1)C(C)C. The fourth-order valence-corrected chi connectivity index (χ4v) is 2.59. The van der Waals surface area contributed by atoms with E-state index in [2.05, 4.69) is 14.9 Å². The average Bonchev–Trinajstić information content (AvgIpc) is 2.91. The first-order valence-electron chi connectivity index (χ1n) is 7.49. The molecular weight excluding hydrogens is 270 g/mol. The van der Waals surface area contributed by atoms with Gasteiger partial charge in [-0.15, -0.1) is 0 Å². The minimum atomic E-state index is -0.579. The van der Waals surface area contributed by atoms with Crippen LogP contribution in [0.2, 0.25) is 0 Å². The molecule has 0 saturated heterocycles. The highest BCUT2D eigenvalue weighted by Gasteiger charge is 2.30. The van der Waals surface area contributed by atoms with Crippen molar-refractivity contribution >= 4 is 11.9 Å². The molecule has 2 heterocycles. The summed E-state index contributed by atoms with van der Waals surface area (Å²) in [6.07, 6.45) is 5.02. The van der Waals surface area contributed by atoms with Crippen molar-refractivity contribution in [1.29, 1.82) is 0 Å². The molecule has 0 fully saturated rings. The highest BCUT2D eigenvalue weighted by Crippen LogP contribution is 2.20. The highest BCUT2D eigenvalue weighted by molar-refractivity contribution is 5.86. The molecule has 6 heteroatoms. The van der Waals surface area contributed by atoms with Crippen molar-refractivity contribution in [3.8, 4) is 0 Å². The molecule has 2 rings (SSSR count). The average molecular weight is 293 g/mol. The van der Waals surface area contributed by atoms with Crippen molar-refractivity contribution in [2.75, 3.05) is 6.61 Å². The molecule has 1 amide bonds. The molecule has 1 aliphatic heterocycles. The Bertz CT molecular complexity index is 510. The molecule has 21 heavy (non-hydrogen) atoms. The summed E-state index contributed by atoms with van der Waals surface area (Å²) in [6.45, 7) is 6.68. The first-order chi connectivity index (χ1) is 10.0. The summed E-state index contributed by atoms with van der Waals surface area (Å²) >= 11 is 0. The summed E-state index contributed by atoms with van der Waals surface area (Å²) in [5, 5.41) is 2.85. The molecule has 0 spiro atoms. The Labute approximate surface area is 124 Å². The van der Waals surface area contributed by atoms with Crippen molar-refractivity contribution in [2.45, 2.75) is 46.2 Å². The number of carbonyl (C=O) groups excluding carboxylic acids is 2. The Morgan fingerprint density at radius 1 is 1.52 bits per heavy atom. The van der Waals surface area contributed by atoms with Crippen LogP contribution < -0.4 is 5.32 Å². The van der Waals surface area contributed by atoms with Crippen molar-refractivity contribution in [1.82, 2.24) is 14.9 Å². The molecular formula is C15H23N3O3. The van der Waals surface area contributed by atoms with Gasteiger partial charge >= 0.3 is 5.97 Å². The first kappa shape index (κ1) is 15.5. The molecule has 0 saturated carbocycles. The third-order valence-corrected chi connectivity index (χ3v) is 3.85. The highest BCUT2D eigenvalue weighted by atomic mass is 16.5. The molecule has 0 aliphatic carbocycles. The van der Waals surface area contributed by atoms with E-state index in [1.165, 1.54) is 0 Å². The zero-order valence-electron chi connectivity index (χ0n) is 12.8. The van der Waals surface area contributed by atoms with Crippen LogP contribution in [0.15, 0.2) is 12.5 Å². The first-order valence-corrected chi connectivity index (χ1v) is 7.49. The molecule has 116 valence electrons. The lowest BCUT2D eigenvalue weighted by Crippen LogP contribution is -2.48. The van der Waals surface area contributed by atoms with Crippen molar-refractivity contribution in [3.63, 3.8) is 0 Å². The Kier molecular flexibility index (Phi) is 4.98. The molecule has 0 unspecified atom stereocenters. The lowest BCUT2D eigenvalue weighted by molar-refractivity contribution is -0.149. The van der Waals surface area contributed by atoms with Crippen LogP contribution >= 0.6 is 0 Å². The summed E-state index contributed by atoms with van der Waals surface area (Å²) in [4.78, 5) is 28.4. The van der Waals surface area contributed by atoms with Crippen LogP contribution in [-0.4, -0.2) is 34.1 Å². The Morgan fingerprint density at radius 2 is 2.29 bits per heavy atom. The standard InChI is InChI=1S/C15H23N3O3/c1-4-21-15(20)13(10(2)3)17-14(19)11-5-6-18-9-16-8-12(18)7-11/h8-11,13H,4-7H2,1-3H3,(H,17,19)/t11-,13+/m1/s1. The zero-order valence-corrected chi connectivity index (χ0v) is 12.8. The van der Waals surface area contributed by atoms with Crippen LogP contribution in [0.4, 0.5) is 0 Å². The number of aryl methyl sites for hydroxylation is 1. The Balaban J connectivity index is 1.98. The van der Waals surface area contributed by atoms with Gasteiger partial charge in [-0.1, -0.05) is 13.8 Å². The second kappa shape index (κ2) is 6.74. The largest absolute Gasteiger partial charge is 0.464 e. The van der Waals surface area contributed by atoms with Gasteiger partial charge in [0.2, 0.25) is 5.91 Å². The van der Waals surface area contributed by atoms with Gasteiger partial charge in [-0.05, 0) is 19.3 Å². The predicted octanol–water partition coefficient (Wildman–Crippen LogP) is 1.15. The van der Waals surface area contributed by atoms with E-state index in [1.807, 2.05) is 13.8 Å². The molecule has 1 aromatic rings. The van der Waals surface area contributed by atoms with Gasteiger partial charge in [0, 0.05) is 30.8 Å². The quantitative estimate of drug-likeness (QED) is 0.827. The molecule has 1 aromatic heterocycles. The summed E-state index contributed by atoms with van der Waals surface area (Å²) in [6, 6.07) is -0.579. The summed E-state index contributed by atoms with van der Waals surface area (Å²) < 4.78 is 7.09. The number of carbonyl (C=O) groups is 2. The van der Waals surface area contributed by atoms with E-state index in [-0.39, 0.29) is 23.7 Å². The fourth-order valence-electron chi connectivity index (χ4n) is 2.59. The number of nitrogens with one attached hydrogen (secondary N) is 1. The molecule has 1 N–H and O–H groups in total. The van der Waals surface area contributed by atoms with Gasteiger partial charge in [-0.3, -0.25) is 4.79 Å². The summed E-state index contributed by atoms with van der Waals surface area (Å²) in [7, 11) is 0. The van der Waals surface area contributed by atoms with Gasteiger partial charge < -0.3 is 14.6 Å². The van der Waals surface area contributed by atoms with E-state index in [4.69, 9.17) is 4.74 Å². The smallest absolute Gasteiger partial charge is 0.328 e. The van der Waals surface area contributed by atoms with Crippen LogP contribution in [0.1, 0.15) is 32.9 Å². The molecule has 2 atom stereocenters. The minimum absolute atomic E-state index is 0.00196. The maximum atomic E-state index is 12.4. The topological polar surface area (TPSA) is 73.2 Å². The van der Waals surface area contributed by atoms with E-state index < -0.39 is 6.04 Å². The van der Waals surface area contributed by atoms with Crippen molar-refractivity contribution in [3.05, 3.63) is 18.2 Å². The third-order valence-electron chi connectivity index (χ3n) is 3.85. The number of nitrogens with zero attached hydrogens (tertiary/aromatic N) is 2. The monoisotopic (exact) mass is 293 g/mol. The Morgan fingerprint density at radius 3 is 2.95 bits per heavy atom. The number of fused-ring (bicyclic) bond motifs is 1. The van der Waals surface area contributed by atoms with E-state index in [9.17, 15) is 9.59 Å². The van der Waals surface area contributed by atoms with Crippen LogP contribution in [0.25, 0.3) is 0 Å². The molecule has 0 aromatic carbocycles. The maximum Gasteiger partial charge on any atom is 0.328 e. The molecule has 0 radical (unpaired) electrons. The van der Waals surface area contributed by atoms with Crippen LogP contribution in [0, 0.1) is 11.8 Å². The number of aromatic nitrogens is 2. The van der Waals surface area contributed by atoms with Crippen molar-refractivity contribution < 1.29 is 14.3 Å². The number of esters is 1. The van der Waals surface area contributed by atoms with Crippen molar-refractivity contribution in [2.24, 2.45) is 11.8 Å². The second-order valence-corrected chi connectivity index (χ2v) is 5.75. The van der Waals surface area contributed by atoms with Crippen LogP contribution in [0.5, 0.6) is 0 Å². The Hall–Kier alpha value is -1.85. The van der Waals surface area contributed by atoms with Gasteiger partial charge in [0.15, 0.2) is 0 Å². The maximum absolute atomic E-state index is 12.4. The minimum Gasteiger partial charge on any atom is -0.464 e. The van der Waals surface area contributed by atoms with Gasteiger partial charge in [-0.2, -0.15) is 0 Å². The fraction of sp³-hybridized carbons (Fsp3) is 0.667. The number of hydrogen-bond donors (Lipinski definition) is 1. The lowest BCUT2D eigenvalue weighted by Gasteiger charge is -2.26. The van der Waals surface area contributed by atoms with E-state index in [1.54, 1.807) is 19.4 Å². The molecule has 1 aliphatic rings. The number of amides is 1. The normalized spacial score (nSPS) is 19.0. The number of imidazole rings is 1. The van der Waals surface area contributed by atoms with Crippen LogP contribution in [0.3, 0.4) is 0 Å². The van der Waals surface area contributed by atoms with Gasteiger partial charge in [0.1, 0.15) is 6.04 Å². The second-order valence-electron chi connectivity index (χ2n) is 5.75. The van der Waals surface area contributed by atoms with Crippen LogP contribution in [-0.2, 0) is 27.3 Å². The third kappa shape index (κ3) is 3.62. The number of hydrogen-bond acceptors (Lipinski definition) is 4. The zero-order chi connectivity index (χ0) is 15.4. The predicted molar refractivity (Wildman–Crippen MR) is 77.4 cm³/mol. The van der Waals surface area contributed by atoms with Gasteiger partial charge in [-0.25, -0.2) is 9.78 Å². The molecule has 0 bridgehead atoms. The van der Waals surface area contributed by atoms with E-state index in [0.717, 1.165) is 18.7 Å². The lowest BCUT2D eigenvalue weighted by atomic mass is 9.94. The van der Waals surface area contributed by atoms with E-state index >= 15 is 0 Å². The van der Waals surface area contributed by atoms with E-state index in [0.29, 0.717) is 13.0 Å². The number of rotatable bonds is 5.